The zero-order chi connectivity index (χ0) is 12.7. The summed E-state index contributed by atoms with van der Waals surface area (Å²) in [5, 5.41) is 5.64. The molecule has 3 heteroatoms. The summed E-state index contributed by atoms with van der Waals surface area (Å²) in [5.41, 5.74) is 0. The van der Waals surface area contributed by atoms with Crippen LogP contribution in [-0.2, 0) is 6.54 Å². The summed E-state index contributed by atoms with van der Waals surface area (Å²) in [5.74, 6) is 0. The Morgan fingerprint density at radius 3 is 2.59 bits per heavy atom. The Morgan fingerprint density at radius 2 is 2.12 bits per heavy atom. The van der Waals surface area contributed by atoms with Crippen molar-refractivity contribution in [3.63, 3.8) is 0 Å². The van der Waals surface area contributed by atoms with Crippen LogP contribution in [-0.4, -0.2) is 30.1 Å². The van der Waals surface area contributed by atoms with Crippen molar-refractivity contribution in [1.82, 2.24) is 10.2 Å². The summed E-state index contributed by atoms with van der Waals surface area (Å²) >= 11 is 1.86. The standard InChI is InChI=1S/C14H26N2S/c1-5-13(10-15-6-2)16(12(3)4)11-14-8-7-9-17-14/h7-9,12-13,15H,5-6,10-11H2,1-4H3. The number of thiophene rings is 1. The fourth-order valence-electron chi connectivity index (χ4n) is 2.12. The smallest absolute Gasteiger partial charge is 0.0334 e. The fraction of sp³-hybridized carbons (Fsp3) is 0.714. The Morgan fingerprint density at radius 1 is 1.35 bits per heavy atom. The van der Waals surface area contributed by atoms with E-state index in [0.717, 1.165) is 19.6 Å². The molecule has 0 saturated heterocycles. The first-order valence-electron chi connectivity index (χ1n) is 6.67. The molecule has 0 aliphatic carbocycles. The normalized spacial score (nSPS) is 13.5. The van der Waals surface area contributed by atoms with Gasteiger partial charge in [-0.05, 0) is 38.3 Å². The Bertz CT molecular complexity index is 282. The van der Waals surface area contributed by atoms with E-state index in [4.69, 9.17) is 0 Å². The summed E-state index contributed by atoms with van der Waals surface area (Å²) in [4.78, 5) is 4.07. The van der Waals surface area contributed by atoms with Gasteiger partial charge in [-0.25, -0.2) is 0 Å². The van der Waals surface area contributed by atoms with E-state index < -0.39 is 0 Å². The molecule has 1 heterocycles. The number of hydrogen-bond acceptors (Lipinski definition) is 3. The fourth-order valence-corrected chi connectivity index (χ4v) is 2.84. The molecule has 0 spiro atoms. The molecule has 0 radical (unpaired) electrons. The van der Waals surface area contributed by atoms with E-state index in [1.165, 1.54) is 11.3 Å². The van der Waals surface area contributed by atoms with Crippen molar-refractivity contribution in [2.24, 2.45) is 0 Å². The summed E-state index contributed by atoms with van der Waals surface area (Å²) in [7, 11) is 0. The van der Waals surface area contributed by atoms with Crippen molar-refractivity contribution >= 4 is 11.3 Å². The lowest BCUT2D eigenvalue weighted by atomic mass is 10.1. The van der Waals surface area contributed by atoms with Gasteiger partial charge in [0.05, 0.1) is 0 Å². The molecule has 1 rings (SSSR count). The van der Waals surface area contributed by atoms with Crippen LogP contribution in [0.1, 0.15) is 39.0 Å². The average Bonchev–Trinajstić information content (AvgIpc) is 2.81. The van der Waals surface area contributed by atoms with Crippen LogP contribution in [0.15, 0.2) is 17.5 Å². The van der Waals surface area contributed by atoms with Gasteiger partial charge in [0.15, 0.2) is 0 Å². The largest absolute Gasteiger partial charge is 0.315 e. The van der Waals surface area contributed by atoms with E-state index in [1.807, 2.05) is 11.3 Å². The van der Waals surface area contributed by atoms with Gasteiger partial charge in [0.1, 0.15) is 0 Å². The van der Waals surface area contributed by atoms with Gasteiger partial charge < -0.3 is 5.32 Å². The van der Waals surface area contributed by atoms with Gasteiger partial charge in [-0.3, -0.25) is 4.90 Å². The van der Waals surface area contributed by atoms with Gasteiger partial charge >= 0.3 is 0 Å². The predicted octanol–water partition coefficient (Wildman–Crippen LogP) is 3.35. The molecule has 1 N–H and O–H groups in total. The first kappa shape index (κ1) is 14.7. The number of likely N-dealkylation sites (N-methyl/N-ethyl adjacent to an activating group) is 1. The highest BCUT2D eigenvalue weighted by molar-refractivity contribution is 7.09. The van der Waals surface area contributed by atoms with Crippen molar-refractivity contribution in [3.05, 3.63) is 22.4 Å². The molecule has 98 valence electrons. The average molecular weight is 254 g/mol. The molecule has 1 aromatic heterocycles. The molecular formula is C14H26N2S. The molecule has 1 unspecified atom stereocenters. The number of hydrogen-bond donors (Lipinski definition) is 1. The Balaban J connectivity index is 2.62. The molecule has 17 heavy (non-hydrogen) atoms. The lowest BCUT2D eigenvalue weighted by Crippen LogP contribution is -2.45. The second kappa shape index (κ2) is 7.85. The molecule has 0 amide bonds. The van der Waals surface area contributed by atoms with Crippen molar-refractivity contribution < 1.29 is 0 Å². The van der Waals surface area contributed by atoms with Crippen LogP contribution in [0.2, 0.25) is 0 Å². The van der Waals surface area contributed by atoms with E-state index in [2.05, 4.69) is 55.4 Å². The second-order valence-corrected chi connectivity index (χ2v) is 5.75. The van der Waals surface area contributed by atoms with Crippen LogP contribution >= 0.6 is 11.3 Å². The minimum absolute atomic E-state index is 0.598. The molecule has 0 aromatic carbocycles. The SMILES string of the molecule is CCNCC(CC)N(Cc1cccs1)C(C)C. The third-order valence-corrected chi connectivity index (χ3v) is 4.01. The molecule has 0 bridgehead atoms. The predicted molar refractivity (Wildman–Crippen MR) is 77.6 cm³/mol. The summed E-state index contributed by atoms with van der Waals surface area (Å²) in [6, 6.07) is 5.61. The van der Waals surface area contributed by atoms with Gasteiger partial charge in [0.2, 0.25) is 0 Å². The zero-order valence-corrected chi connectivity index (χ0v) is 12.4. The topological polar surface area (TPSA) is 15.3 Å². The Labute approximate surface area is 110 Å². The quantitative estimate of drug-likeness (QED) is 0.765. The Hall–Kier alpha value is -0.380. The van der Waals surface area contributed by atoms with Crippen molar-refractivity contribution in [1.29, 1.82) is 0 Å². The monoisotopic (exact) mass is 254 g/mol. The van der Waals surface area contributed by atoms with Crippen LogP contribution in [0, 0.1) is 0 Å². The molecule has 0 aliphatic heterocycles. The minimum Gasteiger partial charge on any atom is -0.315 e. The van der Waals surface area contributed by atoms with Gasteiger partial charge in [0, 0.05) is 30.1 Å². The molecule has 0 aliphatic rings. The van der Waals surface area contributed by atoms with Crippen LogP contribution in [0.25, 0.3) is 0 Å². The lowest BCUT2D eigenvalue weighted by Gasteiger charge is -2.34. The van der Waals surface area contributed by atoms with E-state index in [9.17, 15) is 0 Å². The van der Waals surface area contributed by atoms with Gasteiger partial charge in [-0.15, -0.1) is 11.3 Å². The number of nitrogens with one attached hydrogen (secondary N) is 1. The Kier molecular flexibility index (Phi) is 6.78. The lowest BCUT2D eigenvalue weighted by molar-refractivity contribution is 0.139. The van der Waals surface area contributed by atoms with Gasteiger partial charge in [-0.1, -0.05) is 19.9 Å². The van der Waals surface area contributed by atoms with E-state index >= 15 is 0 Å². The van der Waals surface area contributed by atoms with Crippen LogP contribution in [0.5, 0.6) is 0 Å². The summed E-state index contributed by atoms with van der Waals surface area (Å²) < 4.78 is 0. The first-order chi connectivity index (χ1) is 8.19. The van der Waals surface area contributed by atoms with Crippen molar-refractivity contribution in [2.45, 2.75) is 52.7 Å². The number of rotatable bonds is 8. The maximum atomic E-state index is 3.48. The van der Waals surface area contributed by atoms with Gasteiger partial charge in [0.25, 0.3) is 0 Å². The van der Waals surface area contributed by atoms with Crippen LogP contribution in [0.3, 0.4) is 0 Å². The molecule has 1 atom stereocenters. The van der Waals surface area contributed by atoms with E-state index in [0.29, 0.717) is 12.1 Å². The first-order valence-corrected chi connectivity index (χ1v) is 7.55. The highest BCUT2D eigenvalue weighted by Gasteiger charge is 2.19. The molecular weight excluding hydrogens is 228 g/mol. The second-order valence-electron chi connectivity index (χ2n) is 4.72. The third-order valence-electron chi connectivity index (χ3n) is 3.15. The van der Waals surface area contributed by atoms with E-state index in [-0.39, 0.29) is 0 Å². The molecule has 0 fully saturated rings. The van der Waals surface area contributed by atoms with Crippen LogP contribution in [0.4, 0.5) is 0 Å². The third kappa shape index (κ3) is 4.78. The molecule has 1 aromatic rings. The van der Waals surface area contributed by atoms with E-state index in [1.54, 1.807) is 0 Å². The summed E-state index contributed by atoms with van der Waals surface area (Å²) in [6.07, 6.45) is 1.20. The minimum atomic E-state index is 0.598. The maximum Gasteiger partial charge on any atom is 0.0334 e. The highest BCUT2D eigenvalue weighted by atomic mass is 32.1. The zero-order valence-electron chi connectivity index (χ0n) is 11.6. The van der Waals surface area contributed by atoms with Gasteiger partial charge in [-0.2, -0.15) is 0 Å². The van der Waals surface area contributed by atoms with Crippen LogP contribution < -0.4 is 5.32 Å². The molecule has 0 saturated carbocycles. The maximum absolute atomic E-state index is 3.48. The molecule has 2 nitrogen and oxygen atoms in total. The highest BCUT2D eigenvalue weighted by Crippen LogP contribution is 2.17. The van der Waals surface area contributed by atoms with Crippen molar-refractivity contribution in [3.8, 4) is 0 Å². The number of nitrogens with zero attached hydrogens (tertiary/aromatic N) is 1. The van der Waals surface area contributed by atoms with Crippen molar-refractivity contribution in [2.75, 3.05) is 13.1 Å². The summed E-state index contributed by atoms with van der Waals surface area (Å²) in [6.45, 7) is 12.3.